The van der Waals surface area contributed by atoms with E-state index in [2.05, 4.69) is 11.8 Å². The number of nitrogens with zero attached hydrogens (tertiary/aromatic N) is 1. The molecule has 0 radical (unpaired) electrons. The normalized spacial score (nSPS) is 13.8. The molecule has 0 atom stereocenters. The van der Waals surface area contributed by atoms with Gasteiger partial charge in [-0.25, -0.2) is 4.39 Å². The zero-order chi connectivity index (χ0) is 15.4. The van der Waals surface area contributed by atoms with E-state index in [1.807, 2.05) is 18.7 Å². The van der Waals surface area contributed by atoms with Gasteiger partial charge in [-0.3, -0.25) is 4.79 Å². The summed E-state index contributed by atoms with van der Waals surface area (Å²) in [6.07, 6.45) is 2.36. The standard InChI is InChI=1S/C17H21FN2O/c1-12(2)20(11-13-5-6-13)17(21)16-8-7-15(18)10-14(16)4-3-9-19/h7-8,10,12-13H,5-6,9,11,19H2,1-2H3. The lowest BCUT2D eigenvalue weighted by Gasteiger charge is -2.27. The number of rotatable bonds is 4. The fraction of sp³-hybridized carbons (Fsp3) is 0.471. The van der Waals surface area contributed by atoms with Gasteiger partial charge in [0.1, 0.15) is 5.82 Å². The number of carbonyl (C=O) groups is 1. The zero-order valence-corrected chi connectivity index (χ0v) is 12.5. The molecule has 3 nitrogen and oxygen atoms in total. The number of halogens is 1. The Labute approximate surface area is 125 Å². The molecular formula is C17H21FN2O. The van der Waals surface area contributed by atoms with Crippen LogP contribution in [0.1, 0.15) is 42.6 Å². The number of hydrogen-bond donors (Lipinski definition) is 1. The van der Waals surface area contributed by atoms with Crippen molar-refractivity contribution in [2.24, 2.45) is 11.7 Å². The topological polar surface area (TPSA) is 46.3 Å². The van der Waals surface area contributed by atoms with Crippen molar-refractivity contribution in [3.05, 3.63) is 35.1 Å². The molecule has 1 amide bonds. The van der Waals surface area contributed by atoms with Crippen LogP contribution >= 0.6 is 0 Å². The molecule has 1 aromatic carbocycles. The zero-order valence-electron chi connectivity index (χ0n) is 12.5. The average molecular weight is 288 g/mol. The van der Waals surface area contributed by atoms with Crippen LogP contribution in [-0.4, -0.2) is 29.9 Å². The van der Waals surface area contributed by atoms with Crippen molar-refractivity contribution >= 4 is 5.91 Å². The van der Waals surface area contributed by atoms with Crippen LogP contribution in [0.25, 0.3) is 0 Å². The summed E-state index contributed by atoms with van der Waals surface area (Å²) in [6.45, 7) is 4.93. The van der Waals surface area contributed by atoms with Crippen molar-refractivity contribution in [3.8, 4) is 11.8 Å². The van der Waals surface area contributed by atoms with E-state index in [-0.39, 0.29) is 18.5 Å². The minimum Gasteiger partial charge on any atom is -0.336 e. The number of nitrogens with two attached hydrogens (primary N) is 1. The summed E-state index contributed by atoms with van der Waals surface area (Å²) in [7, 11) is 0. The smallest absolute Gasteiger partial charge is 0.255 e. The SMILES string of the molecule is CC(C)N(CC1CC1)C(=O)c1ccc(F)cc1C#CCN. The summed E-state index contributed by atoms with van der Waals surface area (Å²) >= 11 is 0. The van der Waals surface area contributed by atoms with Gasteiger partial charge in [-0.05, 0) is 50.8 Å². The summed E-state index contributed by atoms with van der Waals surface area (Å²) in [5.74, 6) is 5.61. The van der Waals surface area contributed by atoms with Crippen LogP contribution in [0.4, 0.5) is 4.39 Å². The van der Waals surface area contributed by atoms with Gasteiger partial charge >= 0.3 is 0 Å². The van der Waals surface area contributed by atoms with Crippen LogP contribution in [0.5, 0.6) is 0 Å². The molecule has 0 aliphatic heterocycles. The van der Waals surface area contributed by atoms with Gasteiger partial charge in [0, 0.05) is 18.2 Å². The highest BCUT2D eigenvalue weighted by molar-refractivity contribution is 5.97. The highest BCUT2D eigenvalue weighted by atomic mass is 19.1. The first kappa shape index (κ1) is 15.5. The van der Waals surface area contributed by atoms with E-state index in [0.717, 1.165) is 6.54 Å². The Hall–Kier alpha value is -1.86. The second-order valence-electron chi connectivity index (χ2n) is 5.69. The molecule has 1 saturated carbocycles. The predicted molar refractivity (Wildman–Crippen MR) is 81.2 cm³/mol. The Morgan fingerprint density at radius 2 is 2.19 bits per heavy atom. The van der Waals surface area contributed by atoms with Crippen molar-refractivity contribution < 1.29 is 9.18 Å². The molecule has 4 heteroatoms. The molecule has 112 valence electrons. The minimum atomic E-state index is -0.397. The Morgan fingerprint density at radius 3 is 2.76 bits per heavy atom. The van der Waals surface area contributed by atoms with Crippen LogP contribution in [-0.2, 0) is 0 Å². The maximum Gasteiger partial charge on any atom is 0.255 e. The Kier molecular flexibility index (Phi) is 4.98. The molecule has 0 unspecified atom stereocenters. The number of hydrogen-bond acceptors (Lipinski definition) is 2. The fourth-order valence-electron chi connectivity index (χ4n) is 2.21. The van der Waals surface area contributed by atoms with Gasteiger partial charge in [-0.15, -0.1) is 0 Å². The van der Waals surface area contributed by atoms with Crippen molar-refractivity contribution in [1.82, 2.24) is 4.90 Å². The van der Waals surface area contributed by atoms with Gasteiger partial charge in [0.15, 0.2) is 0 Å². The average Bonchev–Trinajstić information content (AvgIpc) is 3.25. The molecule has 0 saturated heterocycles. The van der Waals surface area contributed by atoms with Gasteiger partial charge in [-0.2, -0.15) is 0 Å². The Balaban J connectivity index is 2.31. The second kappa shape index (κ2) is 6.73. The highest BCUT2D eigenvalue weighted by Gasteiger charge is 2.29. The lowest BCUT2D eigenvalue weighted by molar-refractivity contribution is 0.0696. The minimum absolute atomic E-state index is 0.0850. The quantitative estimate of drug-likeness (QED) is 0.865. The van der Waals surface area contributed by atoms with E-state index in [0.29, 0.717) is 17.0 Å². The second-order valence-corrected chi connectivity index (χ2v) is 5.69. The largest absolute Gasteiger partial charge is 0.336 e. The first-order valence-electron chi connectivity index (χ1n) is 7.32. The molecule has 0 heterocycles. The lowest BCUT2D eigenvalue weighted by Crippen LogP contribution is -2.38. The third-order valence-electron chi connectivity index (χ3n) is 3.57. The van der Waals surface area contributed by atoms with Gasteiger partial charge in [0.2, 0.25) is 0 Å². The first-order valence-corrected chi connectivity index (χ1v) is 7.32. The van der Waals surface area contributed by atoms with Crippen molar-refractivity contribution in [2.45, 2.75) is 32.7 Å². The highest BCUT2D eigenvalue weighted by Crippen LogP contribution is 2.31. The molecule has 1 aliphatic carbocycles. The van der Waals surface area contributed by atoms with E-state index in [1.54, 1.807) is 0 Å². The van der Waals surface area contributed by atoms with Gasteiger partial charge < -0.3 is 10.6 Å². The van der Waals surface area contributed by atoms with Crippen molar-refractivity contribution in [3.63, 3.8) is 0 Å². The maximum absolute atomic E-state index is 13.4. The van der Waals surface area contributed by atoms with Crippen LogP contribution < -0.4 is 5.73 Å². The van der Waals surface area contributed by atoms with E-state index in [1.165, 1.54) is 31.0 Å². The molecule has 0 spiro atoms. The third kappa shape index (κ3) is 4.05. The number of benzene rings is 1. The molecule has 0 bridgehead atoms. The summed E-state index contributed by atoms with van der Waals surface area (Å²) in [6, 6.07) is 4.22. The fourth-order valence-corrected chi connectivity index (χ4v) is 2.21. The van der Waals surface area contributed by atoms with Gasteiger partial charge in [0.05, 0.1) is 12.1 Å². The molecule has 0 aromatic heterocycles. The molecule has 21 heavy (non-hydrogen) atoms. The van der Waals surface area contributed by atoms with Crippen LogP contribution in [0.3, 0.4) is 0 Å². The molecule has 2 rings (SSSR count). The summed E-state index contributed by atoms with van der Waals surface area (Å²) in [5, 5.41) is 0. The monoisotopic (exact) mass is 288 g/mol. The van der Waals surface area contributed by atoms with Gasteiger partial charge in [0.25, 0.3) is 5.91 Å². The maximum atomic E-state index is 13.4. The Morgan fingerprint density at radius 1 is 1.48 bits per heavy atom. The van der Waals surface area contributed by atoms with Crippen LogP contribution in [0, 0.1) is 23.6 Å². The predicted octanol–water partition coefficient (Wildman–Crippen LogP) is 2.40. The summed E-state index contributed by atoms with van der Waals surface area (Å²) in [4.78, 5) is 14.6. The van der Waals surface area contributed by atoms with E-state index >= 15 is 0 Å². The molecule has 1 aromatic rings. The Bertz CT molecular complexity index is 582. The molecule has 2 N–H and O–H groups in total. The van der Waals surface area contributed by atoms with E-state index in [4.69, 9.17) is 5.73 Å². The molecule has 1 aliphatic rings. The summed E-state index contributed by atoms with van der Waals surface area (Å²) in [5.41, 5.74) is 6.22. The van der Waals surface area contributed by atoms with E-state index in [9.17, 15) is 9.18 Å². The first-order chi connectivity index (χ1) is 10.0. The number of carbonyl (C=O) groups excluding carboxylic acids is 1. The third-order valence-corrected chi connectivity index (χ3v) is 3.57. The van der Waals surface area contributed by atoms with Gasteiger partial charge in [-0.1, -0.05) is 11.8 Å². The molecule has 1 fully saturated rings. The molecular weight excluding hydrogens is 267 g/mol. The van der Waals surface area contributed by atoms with Crippen LogP contribution in [0.15, 0.2) is 18.2 Å². The van der Waals surface area contributed by atoms with Crippen molar-refractivity contribution in [2.75, 3.05) is 13.1 Å². The summed E-state index contributed by atoms with van der Waals surface area (Å²) < 4.78 is 13.4. The number of amides is 1. The van der Waals surface area contributed by atoms with Crippen LogP contribution in [0.2, 0.25) is 0 Å². The van der Waals surface area contributed by atoms with E-state index < -0.39 is 5.82 Å². The lowest BCUT2D eigenvalue weighted by atomic mass is 10.0. The van der Waals surface area contributed by atoms with Crippen molar-refractivity contribution in [1.29, 1.82) is 0 Å².